The third-order valence-electron chi connectivity index (χ3n) is 3.26. The summed E-state index contributed by atoms with van der Waals surface area (Å²) in [5.74, 6) is 2.03. The fourth-order valence-corrected chi connectivity index (χ4v) is 2.56. The Morgan fingerprint density at radius 3 is 1.64 bits per heavy atom. The van der Waals surface area contributed by atoms with Gasteiger partial charge in [-0.05, 0) is 30.1 Å². The van der Waals surface area contributed by atoms with Crippen LogP contribution in [0, 0.1) is 23.7 Å². The zero-order chi connectivity index (χ0) is 11.3. The summed E-state index contributed by atoms with van der Waals surface area (Å²) in [5.41, 5.74) is 0. The molecule has 0 aromatic carbocycles. The Kier molecular flexibility index (Phi) is 6.43. The molecule has 0 rings (SSSR count). The van der Waals surface area contributed by atoms with Crippen LogP contribution in [0.3, 0.4) is 0 Å². The number of hydrogen-bond donors (Lipinski definition) is 1. The quantitative estimate of drug-likeness (QED) is 0.693. The van der Waals surface area contributed by atoms with Gasteiger partial charge in [-0.25, -0.2) is 0 Å². The predicted molar refractivity (Wildman–Crippen MR) is 63.2 cm³/mol. The molecule has 0 bridgehead atoms. The zero-order valence-electron chi connectivity index (χ0n) is 10.7. The van der Waals surface area contributed by atoms with Crippen molar-refractivity contribution >= 4 is 0 Å². The standard InChI is InChI=1S/C13H28O/c1-7-8-11(6)13(14)12(9(2)3)10(4)5/h9-14H,7-8H2,1-6H3. The molecule has 0 aliphatic heterocycles. The lowest BCUT2D eigenvalue weighted by molar-refractivity contribution is 0.0102. The summed E-state index contributed by atoms with van der Waals surface area (Å²) in [6, 6.07) is 0. The van der Waals surface area contributed by atoms with E-state index >= 15 is 0 Å². The Morgan fingerprint density at radius 1 is 0.929 bits per heavy atom. The highest BCUT2D eigenvalue weighted by atomic mass is 16.3. The first-order valence-electron chi connectivity index (χ1n) is 6.09. The van der Waals surface area contributed by atoms with Crippen molar-refractivity contribution in [2.45, 2.75) is 60.5 Å². The van der Waals surface area contributed by atoms with Gasteiger partial charge in [-0.2, -0.15) is 0 Å². The summed E-state index contributed by atoms with van der Waals surface area (Å²) in [5, 5.41) is 10.2. The average molecular weight is 200 g/mol. The molecule has 2 unspecified atom stereocenters. The monoisotopic (exact) mass is 200 g/mol. The van der Waals surface area contributed by atoms with Crippen molar-refractivity contribution in [2.24, 2.45) is 23.7 Å². The van der Waals surface area contributed by atoms with E-state index in [4.69, 9.17) is 0 Å². The summed E-state index contributed by atoms with van der Waals surface area (Å²) >= 11 is 0. The smallest absolute Gasteiger partial charge is 0.0598 e. The largest absolute Gasteiger partial charge is 0.393 e. The van der Waals surface area contributed by atoms with Crippen LogP contribution in [-0.4, -0.2) is 11.2 Å². The normalized spacial score (nSPS) is 16.7. The van der Waals surface area contributed by atoms with Crippen molar-refractivity contribution in [2.75, 3.05) is 0 Å². The Bertz CT molecular complexity index is 132. The Hall–Kier alpha value is -0.0400. The molecule has 0 heterocycles. The van der Waals surface area contributed by atoms with E-state index in [9.17, 15) is 5.11 Å². The van der Waals surface area contributed by atoms with Crippen LogP contribution >= 0.6 is 0 Å². The van der Waals surface area contributed by atoms with Crippen LogP contribution in [0.4, 0.5) is 0 Å². The van der Waals surface area contributed by atoms with Gasteiger partial charge in [-0.1, -0.05) is 48.0 Å². The van der Waals surface area contributed by atoms with Gasteiger partial charge >= 0.3 is 0 Å². The minimum Gasteiger partial charge on any atom is -0.393 e. The van der Waals surface area contributed by atoms with Crippen molar-refractivity contribution in [1.29, 1.82) is 0 Å². The summed E-state index contributed by atoms with van der Waals surface area (Å²) in [7, 11) is 0. The van der Waals surface area contributed by atoms with E-state index < -0.39 is 0 Å². The van der Waals surface area contributed by atoms with E-state index in [1.54, 1.807) is 0 Å². The molecule has 1 heteroatoms. The Balaban J connectivity index is 4.35. The van der Waals surface area contributed by atoms with Gasteiger partial charge in [0.05, 0.1) is 6.10 Å². The van der Waals surface area contributed by atoms with Gasteiger partial charge in [0.1, 0.15) is 0 Å². The average Bonchev–Trinajstić information content (AvgIpc) is 2.03. The molecule has 0 aromatic rings. The maximum Gasteiger partial charge on any atom is 0.0598 e. The molecule has 0 aliphatic carbocycles. The fourth-order valence-electron chi connectivity index (χ4n) is 2.56. The predicted octanol–water partition coefficient (Wildman–Crippen LogP) is 3.71. The van der Waals surface area contributed by atoms with E-state index in [1.165, 1.54) is 6.42 Å². The third kappa shape index (κ3) is 4.00. The van der Waals surface area contributed by atoms with E-state index in [0.29, 0.717) is 23.7 Å². The fraction of sp³-hybridized carbons (Fsp3) is 1.00. The molecule has 0 radical (unpaired) electrons. The number of aliphatic hydroxyl groups is 1. The second kappa shape index (κ2) is 6.44. The molecule has 1 N–H and O–H groups in total. The van der Waals surface area contributed by atoms with Gasteiger partial charge in [0.15, 0.2) is 0 Å². The first kappa shape index (κ1) is 14.0. The first-order valence-corrected chi connectivity index (χ1v) is 6.09. The third-order valence-corrected chi connectivity index (χ3v) is 3.26. The molecule has 0 fully saturated rings. The van der Waals surface area contributed by atoms with E-state index in [-0.39, 0.29) is 6.10 Å². The molecule has 0 saturated carbocycles. The van der Waals surface area contributed by atoms with Crippen LogP contribution in [-0.2, 0) is 0 Å². The minimum atomic E-state index is -0.130. The second-order valence-electron chi connectivity index (χ2n) is 5.32. The van der Waals surface area contributed by atoms with Crippen LogP contribution < -0.4 is 0 Å². The summed E-state index contributed by atoms with van der Waals surface area (Å²) in [6.07, 6.45) is 2.17. The lowest BCUT2D eigenvalue weighted by Crippen LogP contribution is -2.34. The van der Waals surface area contributed by atoms with Crippen LogP contribution in [0.2, 0.25) is 0 Å². The van der Waals surface area contributed by atoms with Gasteiger partial charge in [0.2, 0.25) is 0 Å². The molecule has 0 amide bonds. The Morgan fingerprint density at radius 2 is 1.36 bits per heavy atom. The van der Waals surface area contributed by atoms with Crippen molar-refractivity contribution in [3.8, 4) is 0 Å². The van der Waals surface area contributed by atoms with Crippen molar-refractivity contribution in [3.05, 3.63) is 0 Å². The molecule has 1 nitrogen and oxygen atoms in total. The molecule has 0 aromatic heterocycles. The topological polar surface area (TPSA) is 20.2 Å². The lowest BCUT2D eigenvalue weighted by Gasteiger charge is -2.33. The van der Waals surface area contributed by atoms with Crippen LogP contribution in [0.15, 0.2) is 0 Å². The van der Waals surface area contributed by atoms with Crippen LogP contribution in [0.5, 0.6) is 0 Å². The first-order chi connectivity index (χ1) is 6.41. The van der Waals surface area contributed by atoms with Crippen LogP contribution in [0.1, 0.15) is 54.4 Å². The Labute approximate surface area is 89.9 Å². The van der Waals surface area contributed by atoms with Crippen LogP contribution in [0.25, 0.3) is 0 Å². The minimum absolute atomic E-state index is 0.130. The summed E-state index contributed by atoms with van der Waals surface area (Å²) in [4.78, 5) is 0. The number of hydrogen-bond acceptors (Lipinski definition) is 1. The van der Waals surface area contributed by atoms with Gasteiger partial charge < -0.3 is 5.11 Å². The molecule has 0 saturated heterocycles. The van der Waals surface area contributed by atoms with Gasteiger partial charge in [0.25, 0.3) is 0 Å². The maximum absolute atomic E-state index is 10.2. The molecule has 0 aliphatic rings. The van der Waals surface area contributed by atoms with E-state index in [2.05, 4.69) is 41.5 Å². The van der Waals surface area contributed by atoms with E-state index in [1.807, 2.05) is 0 Å². The van der Waals surface area contributed by atoms with Crippen molar-refractivity contribution in [1.82, 2.24) is 0 Å². The van der Waals surface area contributed by atoms with Gasteiger partial charge in [0, 0.05) is 0 Å². The second-order valence-corrected chi connectivity index (χ2v) is 5.32. The SMILES string of the molecule is CCCC(C)C(O)C(C(C)C)C(C)C. The van der Waals surface area contributed by atoms with Crippen molar-refractivity contribution in [3.63, 3.8) is 0 Å². The number of rotatable bonds is 6. The highest BCUT2D eigenvalue weighted by molar-refractivity contribution is 4.78. The lowest BCUT2D eigenvalue weighted by atomic mass is 9.76. The van der Waals surface area contributed by atoms with Gasteiger partial charge in [-0.3, -0.25) is 0 Å². The summed E-state index contributed by atoms with van der Waals surface area (Å²) < 4.78 is 0. The molecular weight excluding hydrogens is 172 g/mol. The number of aliphatic hydroxyl groups excluding tert-OH is 1. The zero-order valence-corrected chi connectivity index (χ0v) is 10.7. The van der Waals surface area contributed by atoms with Crippen molar-refractivity contribution < 1.29 is 5.11 Å². The van der Waals surface area contributed by atoms with E-state index in [0.717, 1.165) is 6.42 Å². The summed E-state index contributed by atoms with van der Waals surface area (Å²) in [6.45, 7) is 13.2. The van der Waals surface area contributed by atoms with Gasteiger partial charge in [-0.15, -0.1) is 0 Å². The molecule has 2 atom stereocenters. The highest BCUT2D eigenvalue weighted by Gasteiger charge is 2.29. The molecule has 86 valence electrons. The molecule has 0 spiro atoms. The molecule has 14 heavy (non-hydrogen) atoms. The molecular formula is C13H28O. The highest BCUT2D eigenvalue weighted by Crippen LogP contribution is 2.29. The maximum atomic E-state index is 10.2.